The minimum absolute atomic E-state index is 0.131. The van der Waals surface area contributed by atoms with Crippen LogP contribution in [-0.2, 0) is 26.1 Å². The number of thiazole rings is 1. The van der Waals surface area contributed by atoms with E-state index in [-0.39, 0.29) is 23.6 Å². The number of amides is 1. The van der Waals surface area contributed by atoms with Crippen molar-refractivity contribution in [3.63, 3.8) is 0 Å². The number of aromatic nitrogens is 1. The molecule has 2 aromatic carbocycles. The van der Waals surface area contributed by atoms with Crippen LogP contribution in [0.5, 0.6) is 5.75 Å². The van der Waals surface area contributed by atoms with Crippen LogP contribution >= 0.6 is 11.3 Å². The molecule has 0 aliphatic carbocycles. The molecule has 0 N–H and O–H groups in total. The summed E-state index contributed by atoms with van der Waals surface area (Å²) >= 11 is 1.26. The molecule has 2 atom stereocenters. The van der Waals surface area contributed by atoms with E-state index in [2.05, 4.69) is 18.8 Å². The number of ether oxygens (including phenoxy) is 2. The quantitative estimate of drug-likeness (QED) is 0.385. The maximum Gasteiger partial charge on any atom is 0.326 e. The Hall–Kier alpha value is -3.02. The molecular formula is C27H33N3O6S2. The Bertz CT molecular complexity index is 1480. The highest BCUT2D eigenvalue weighted by molar-refractivity contribution is 7.89. The Labute approximate surface area is 226 Å². The number of carbonyl (C=O) groups is 2. The van der Waals surface area contributed by atoms with Gasteiger partial charge >= 0.3 is 5.97 Å². The van der Waals surface area contributed by atoms with E-state index in [9.17, 15) is 18.0 Å². The highest BCUT2D eigenvalue weighted by Gasteiger charge is 2.31. The molecule has 0 radical (unpaired) electrons. The third kappa shape index (κ3) is 6.00. The number of benzene rings is 2. The highest BCUT2D eigenvalue weighted by Crippen LogP contribution is 2.29. The molecule has 11 heteroatoms. The summed E-state index contributed by atoms with van der Waals surface area (Å²) < 4.78 is 41.2. The van der Waals surface area contributed by atoms with Gasteiger partial charge in [-0.3, -0.25) is 9.59 Å². The van der Waals surface area contributed by atoms with Gasteiger partial charge in [-0.2, -0.15) is 9.30 Å². The molecule has 0 bridgehead atoms. The van der Waals surface area contributed by atoms with Crippen LogP contribution in [-0.4, -0.2) is 55.5 Å². The van der Waals surface area contributed by atoms with E-state index >= 15 is 0 Å². The normalized spacial score (nSPS) is 19.0. The molecule has 0 saturated carbocycles. The SMILES string of the molecule is CCOC(=O)Cn1c(=NC(=O)c2ccc(S(=O)(=O)N3CC(C)CC(C)C3)cc2)sc2cccc(OCC)c21. The molecular weight excluding hydrogens is 526 g/mol. The molecule has 1 amide bonds. The minimum Gasteiger partial charge on any atom is -0.492 e. The average Bonchev–Trinajstić information content (AvgIpc) is 3.21. The molecule has 204 valence electrons. The molecule has 38 heavy (non-hydrogen) atoms. The molecule has 1 aromatic heterocycles. The van der Waals surface area contributed by atoms with Crippen LogP contribution in [0.1, 0.15) is 44.5 Å². The second-order valence-electron chi connectivity index (χ2n) is 9.52. The first-order valence-electron chi connectivity index (χ1n) is 12.7. The summed E-state index contributed by atoms with van der Waals surface area (Å²) in [6.45, 7) is 9.21. The molecule has 3 aromatic rings. The number of sulfonamides is 1. The fraction of sp³-hybridized carbons (Fsp3) is 0.444. The van der Waals surface area contributed by atoms with Crippen LogP contribution in [0.3, 0.4) is 0 Å². The van der Waals surface area contributed by atoms with E-state index < -0.39 is 21.9 Å². The largest absolute Gasteiger partial charge is 0.492 e. The summed E-state index contributed by atoms with van der Waals surface area (Å²) in [6, 6.07) is 11.4. The Morgan fingerprint density at radius 2 is 1.71 bits per heavy atom. The second kappa shape index (κ2) is 11.8. The monoisotopic (exact) mass is 559 g/mol. The van der Waals surface area contributed by atoms with Crippen LogP contribution in [0, 0.1) is 11.8 Å². The Morgan fingerprint density at radius 3 is 2.34 bits per heavy atom. The summed E-state index contributed by atoms with van der Waals surface area (Å²) in [4.78, 5) is 30.3. The van der Waals surface area contributed by atoms with E-state index in [0.29, 0.717) is 47.6 Å². The number of hydrogen-bond donors (Lipinski definition) is 0. The smallest absolute Gasteiger partial charge is 0.326 e. The van der Waals surface area contributed by atoms with Gasteiger partial charge in [0.1, 0.15) is 17.8 Å². The Balaban J connectivity index is 1.68. The first kappa shape index (κ1) is 28.0. The van der Waals surface area contributed by atoms with E-state index in [1.807, 2.05) is 19.1 Å². The van der Waals surface area contributed by atoms with Gasteiger partial charge in [0.25, 0.3) is 5.91 Å². The zero-order valence-electron chi connectivity index (χ0n) is 22.0. The predicted octanol–water partition coefficient (Wildman–Crippen LogP) is 4.07. The van der Waals surface area contributed by atoms with Crippen molar-refractivity contribution in [2.24, 2.45) is 16.8 Å². The van der Waals surface area contributed by atoms with Crippen LogP contribution in [0.25, 0.3) is 10.2 Å². The fourth-order valence-corrected chi connectivity index (χ4v) is 7.53. The van der Waals surface area contributed by atoms with Crippen molar-refractivity contribution in [2.75, 3.05) is 26.3 Å². The highest BCUT2D eigenvalue weighted by atomic mass is 32.2. The maximum absolute atomic E-state index is 13.2. The van der Waals surface area contributed by atoms with Gasteiger partial charge in [-0.25, -0.2) is 8.42 Å². The number of fused-ring (bicyclic) bond motifs is 1. The number of para-hydroxylation sites is 1. The van der Waals surface area contributed by atoms with E-state index in [0.717, 1.165) is 11.1 Å². The lowest BCUT2D eigenvalue weighted by molar-refractivity contribution is -0.143. The van der Waals surface area contributed by atoms with Crippen molar-refractivity contribution in [1.82, 2.24) is 8.87 Å². The van der Waals surface area contributed by atoms with Gasteiger partial charge in [-0.15, -0.1) is 0 Å². The van der Waals surface area contributed by atoms with Crippen molar-refractivity contribution in [3.05, 3.63) is 52.8 Å². The molecule has 1 aliphatic heterocycles. The third-order valence-electron chi connectivity index (χ3n) is 6.33. The summed E-state index contributed by atoms with van der Waals surface area (Å²) in [6.07, 6.45) is 1.00. The van der Waals surface area contributed by atoms with Crippen LogP contribution in [0.15, 0.2) is 52.4 Å². The van der Waals surface area contributed by atoms with Crippen molar-refractivity contribution in [1.29, 1.82) is 0 Å². The second-order valence-corrected chi connectivity index (χ2v) is 12.5. The minimum atomic E-state index is -3.66. The fourth-order valence-electron chi connectivity index (χ4n) is 4.81. The molecule has 1 fully saturated rings. The lowest BCUT2D eigenvalue weighted by Crippen LogP contribution is -2.42. The lowest BCUT2D eigenvalue weighted by Gasteiger charge is -2.34. The van der Waals surface area contributed by atoms with Gasteiger partial charge in [0.15, 0.2) is 4.80 Å². The van der Waals surface area contributed by atoms with Crippen molar-refractivity contribution >= 4 is 43.5 Å². The zero-order valence-corrected chi connectivity index (χ0v) is 23.7. The van der Waals surface area contributed by atoms with Gasteiger partial charge in [0, 0.05) is 18.7 Å². The summed E-state index contributed by atoms with van der Waals surface area (Å²) in [5.41, 5.74) is 0.903. The number of esters is 1. The van der Waals surface area contributed by atoms with Crippen molar-refractivity contribution in [3.8, 4) is 5.75 Å². The van der Waals surface area contributed by atoms with Crippen molar-refractivity contribution in [2.45, 2.75) is 45.6 Å². The number of carbonyl (C=O) groups excluding carboxylic acids is 2. The molecule has 1 saturated heterocycles. The molecule has 0 spiro atoms. The van der Waals surface area contributed by atoms with Crippen LogP contribution in [0.2, 0.25) is 0 Å². The number of hydrogen-bond acceptors (Lipinski definition) is 7. The topological polar surface area (TPSA) is 107 Å². The number of rotatable bonds is 8. The first-order valence-corrected chi connectivity index (χ1v) is 15.0. The lowest BCUT2D eigenvalue weighted by atomic mass is 9.94. The summed E-state index contributed by atoms with van der Waals surface area (Å²) in [5.74, 6) is 0.160. The average molecular weight is 560 g/mol. The van der Waals surface area contributed by atoms with Crippen LogP contribution < -0.4 is 9.54 Å². The first-order chi connectivity index (χ1) is 18.1. The van der Waals surface area contributed by atoms with E-state index in [1.54, 1.807) is 17.6 Å². The van der Waals surface area contributed by atoms with Gasteiger partial charge in [0.05, 0.1) is 22.8 Å². The van der Waals surface area contributed by atoms with Gasteiger partial charge in [-0.1, -0.05) is 31.3 Å². The van der Waals surface area contributed by atoms with Crippen molar-refractivity contribution < 1.29 is 27.5 Å². The molecule has 2 heterocycles. The molecule has 1 aliphatic rings. The molecule has 9 nitrogen and oxygen atoms in total. The van der Waals surface area contributed by atoms with Gasteiger partial charge in [0.2, 0.25) is 10.0 Å². The predicted molar refractivity (Wildman–Crippen MR) is 146 cm³/mol. The maximum atomic E-state index is 13.2. The standard InChI is InChI=1S/C27H33N3O6S2/c1-5-35-22-8-7-9-23-25(22)30(17-24(31)36-6-2)27(37-23)28-26(32)20-10-12-21(13-11-20)38(33,34)29-15-18(3)14-19(4)16-29/h7-13,18-19H,5-6,14-17H2,1-4H3. The number of nitrogens with zero attached hydrogens (tertiary/aromatic N) is 3. The zero-order chi connectivity index (χ0) is 27.4. The van der Waals surface area contributed by atoms with Gasteiger partial charge in [-0.05, 0) is 68.5 Å². The van der Waals surface area contributed by atoms with Gasteiger partial charge < -0.3 is 14.0 Å². The molecule has 2 unspecified atom stereocenters. The summed E-state index contributed by atoms with van der Waals surface area (Å²) in [5, 5.41) is 0. The Kier molecular flexibility index (Phi) is 8.69. The number of piperidine rings is 1. The van der Waals surface area contributed by atoms with E-state index in [1.165, 1.54) is 39.9 Å². The Morgan fingerprint density at radius 1 is 1.03 bits per heavy atom. The summed E-state index contributed by atoms with van der Waals surface area (Å²) in [7, 11) is -3.66. The molecule has 4 rings (SSSR count). The van der Waals surface area contributed by atoms with Crippen LogP contribution in [0.4, 0.5) is 0 Å². The van der Waals surface area contributed by atoms with E-state index in [4.69, 9.17) is 9.47 Å². The third-order valence-corrected chi connectivity index (χ3v) is 9.22.